The summed E-state index contributed by atoms with van der Waals surface area (Å²) in [7, 11) is 0. The van der Waals surface area contributed by atoms with E-state index in [1.807, 2.05) is 0 Å². The fourth-order valence-corrected chi connectivity index (χ4v) is 8.63. The van der Waals surface area contributed by atoms with E-state index in [4.69, 9.17) is 0 Å². The first kappa shape index (κ1) is 32.0. The third kappa shape index (κ3) is 5.34. The van der Waals surface area contributed by atoms with Crippen molar-refractivity contribution in [2.24, 2.45) is 0 Å². The largest absolute Gasteiger partial charge is 0.309 e. The Labute approximate surface area is 325 Å². The van der Waals surface area contributed by atoms with E-state index in [9.17, 15) is 0 Å². The average molecular weight is 713 g/mol. The third-order valence-corrected chi connectivity index (χ3v) is 11.3. The number of para-hydroxylation sites is 3. The van der Waals surface area contributed by atoms with Crippen molar-refractivity contribution in [3.8, 4) is 55.9 Å². The first-order valence-corrected chi connectivity index (χ1v) is 19.3. The van der Waals surface area contributed by atoms with Crippen molar-refractivity contribution in [1.82, 2.24) is 9.13 Å². The number of hydrogen-bond donors (Lipinski definition) is 0. The van der Waals surface area contributed by atoms with Gasteiger partial charge in [-0.3, -0.25) is 0 Å². The second-order valence-electron chi connectivity index (χ2n) is 14.6. The van der Waals surface area contributed by atoms with Crippen LogP contribution < -0.4 is 0 Å². The topological polar surface area (TPSA) is 9.86 Å². The van der Waals surface area contributed by atoms with E-state index < -0.39 is 0 Å². The van der Waals surface area contributed by atoms with Crippen LogP contribution in [-0.2, 0) is 0 Å². The monoisotopic (exact) mass is 712 g/mol. The normalized spacial score (nSPS) is 11.6. The fraction of sp³-hybridized carbons (Fsp3) is 0. The van der Waals surface area contributed by atoms with E-state index in [1.54, 1.807) is 0 Å². The highest BCUT2D eigenvalue weighted by Crippen LogP contribution is 2.38. The van der Waals surface area contributed by atoms with E-state index >= 15 is 0 Å². The van der Waals surface area contributed by atoms with Crippen molar-refractivity contribution in [1.29, 1.82) is 0 Å². The van der Waals surface area contributed by atoms with Gasteiger partial charge in [0, 0.05) is 32.9 Å². The second kappa shape index (κ2) is 13.2. The van der Waals surface area contributed by atoms with E-state index in [1.165, 1.54) is 88.1 Å². The molecular formula is C54H36N2. The van der Waals surface area contributed by atoms with Crippen LogP contribution in [0.15, 0.2) is 218 Å². The lowest BCUT2D eigenvalue weighted by Crippen LogP contribution is -1.94. The zero-order valence-corrected chi connectivity index (χ0v) is 30.7. The maximum absolute atomic E-state index is 2.40. The molecule has 0 fully saturated rings. The lowest BCUT2D eigenvalue weighted by Gasteiger charge is -2.13. The molecule has 0 aliphatic rings. The summed E-state index contributed by atoms with van der Waals surface area (Å²) in [5, 5.41) is 5.05. The Balaban J connectivity index is 0.971. The lowest BCUT2D eigenvalue weighted by atomic mass is 9.93. The first-order valence-electron chi connectivity index (χ1n) is 19.3. The standard InChI is InChI=1S/C54H36N2/c1-3-13-37(14-4-1)42-33-43(38-15-5-2-6-16-38)35-44(34-42)40-25-30-46(31-26-40)56-53-22-12-9-19-49(53)50-36-41(27-32-54(50)56)39-23-28-45(29-24-39)55-51-20-10-7-17-47(51)48-18-8-11-21-52(48)55/h1-36H. The van der Waals surface area contributed by atoms with Gasteiger partial charge in [-0.15, -0.1) is 0 Å². The molecule has 262 valence electrons. The summed E-state index contributed by atoms with van der Waals surface area (Å²) >= 11 is 0. The van der Waals surface area contributed by atoms with Crippen LogP contribution in [0.1, 0.15) is 0 Å². The van der Waals surface area contributed by atoms with Gasteiger partial charge in [-0.2, -0.15) is 0 Å². The molecule has 2 heterocycles. The molecule has 0 atom stereocenters. The van der Waals surface area contributed by atoms with Gasteiger partial charge in [0.25, 0.3) is 0 Å². The van der Waals surface area contributed by atoms with Crippen LogP contribution >= 0.6 is 0 Å². The molecule has 0 bridgehead atoms. The maximum atomic E-state index is 2.40. The van der Waals surface area contributed by atoms with Gasteiger partial charge >= 0.3 is 0 Å². The Morgan fingerprint density at radius 2 is 0.518 bits per heavy atom. The van der Waals surface area contributed by atoms with Gasteiger partial charge in [-0.05, 0) is 117 Å². The predicted octanol–water partition coefficient (Wildman–Crippen LogP) is 14.5. The molecule has 0 spiro atoms. The van der Waals surface area contributed by atoms with Crippen molar-refractivity contribution in [2.75, 3.05) is 0 Å². The molecule has 11 aromatic rings. The molecule has 2 nitrogen and oxygen atoms in total. The average Bonchev–Trinajstić information content (AvgIpc) is 3.80. The Bertz CT molecular complexity index is 3090. The van der Waals surface area contributed by atoms with Crippen molar-refractivity contribution >= 4 is 43.6 Å². The quantitative estimate of drug-likeness (QED) is 0.162. The van der Waals surface area contributed by atoms with Crippen LogP contribution in [0.2, 0.25) is 0 Å². The molecule has 0 saturated carbocycles. The Morgan fingerprint density at radius 1 is 0.196 bits per heavy atom. The van der Waals surface area contributed by atoms with E-state index in [2.05, 4.69) is 228 Å². The highest BCUT2D eigenvalue weighted by Gasteiger charge is 2.15. The highest BCUT2D eigenvalue weighted by atomic mass is 15.0. The van der Waals surface area contributed by atoms with Crippen molar-refractivity contribution < 1.29 is 0 Å². The molecule has 0 aliphatic heterocycles. The van der Waals surface area contributed by atoms with Crippen LogP contribution in [-0.4, -0.2) is 9.13 Å². The molecule has 0 unspecified atom stereocenters. The van der Waals surface area contributed by atoms with Crippen molar-refractivity contribution in [2.45, 2.75) is 0 Å². The van der Waals surface area contributed by atoms with E-state index in [-0.39, 0.29) is 0 Å². The number of hydrogen-bond acceptors (Lipinski definition) is 0. The zero-order chi connectivity index (χ0) is 37.0. The van der Waals surface area contributed by atoms with Crippen LogP contribution in [0.3, 0.4) is 0 Å². The summed E-state index contributed by atoms with van der Waals surface area (Å²) in [6.07, 6.45) is 0. The maximum Gasteiger partial charge on any atom is 0.0541 e. The molecule has 9 aromatic carbocycles. The minimum absolute atomic E-state index is 1.14. The lowest BCUT2D eigenvalue weighted by molar-refractivity contribution is 1.18. The number of rotatable bonds is 6. The summed E-state index contributed by atoms with van der Waals surface area (Å²) in [6, 6.07) is 79.4. The van der Waals surface area contributed by atoms with Crippen molar-refractivity contribution in [3.63, 3.8) is 0 Å². The number of aromatic nitrogens is 2. The van der Waals surface area contributed by atoms with Gasteiger partial charge in [0.1, 0.15) is 0 Å². The van der Waals surface area contributed by atoms with Gasteiger partial charge in [-0.1, -0.05) is 146 Å². The number of fused-ring (bicyclic) bond motifs is 6. The van der Waals surface area contributed by atoms with Gasteiger partial charge < -0.3 is 9.13 Å². The zero-order valence-electron chi connectivity index (χ0n) is 30.7. The Hall–Kier alpha value is -7.42. The fourth-order valence-electron chi connectivity index (χ4n) is 8.63. The van der Waals surface area contributed by atoms with Gasteiger partial charge in [0.2, 0.25) is 0 Å². The molecule has 0 saturated heterocycles. The summed E-state index contributed by atoms with van der Waals surface area (Å²) in [4.78, 5) is 0. The van der Waals surface area contributed by atoms with E-state index in [0.29, 0.717) is 0 Å². The molecular weight excluding hydrogens is 677 g/mol. The summed E-state index contributed by atoms with van der Waals surface area (Å²) < 4.78 is 4.78. The summed E-state index contributed by atoms with van der Waals surface area (Å²) in [6.45, 7) is 0. The minimum atomic E-state index is 1.14. The van der Waals surface area contributed by atoms with Crippen LogP contribution in [0, 0.1) is 0 Å². The Kier molecular flexibility index (Phi) is 7.53. The smallest absolute Gasteiger partial charge is 0.0541 e. The van der Waals surface area contributed by atoms with Crippen LogP contribution in [0.5, 0.6) is 0 Å². The van der Waals surface area contributed by atoms with Crippen molar-refractivity contribution in [3.05, 3.63) is 218 Å². The summed E-state index contributed by atoms with van der Waals surface area (Å²) in [5.74, 6) is 0. The van der Waals surface area contributed by atoms with E-state index in [0.717, 1.165) is 11.4 Å². The van der Waals surface area contributed by atoms with Gasteiger partial charge in [-0.25, -0.2) is 0 Å². The second-order valence-corrected chi connectivity index (χ2v) is 14.6. The SMILES string of the molecule is c1ccc(-c2cc(-c3ccccc3)cc(-c3ccc(-n4c5ccccc5c5cc(-c6ccc(-n7c8ccccc8c8ccccc87)cc6)ccc54)cc3)c2)cc1. The predicted molar refractivity (Wildman–Crippen MR) is 237 cm³/mol. The molecule has 0 aliphatic carbocycles. The van der Waals surface area contributed by atoms with Gasteiger partial charge in [0.15, 0.2) is 0 Å². The minimum Gasteiger partial charge on any atom is -0.309 e. The molecule has 0 amide bonds. The van der Waals surface area contributed by atoms with Crippen LogP contribution in [0.4, 0.5) is 0 Å². The molecule has 11 rings (SSSR count). The molecule has 56 heavy (non-hydrogen) atoms. The number of benzene rings is 9. The molecule has 0 N–H and O–H groups in total. The summed E-state index contributed by atoms with van der Waals surface area (Å²) in [5.41, 5.74) is 16.8. The number of nitrogens with zero attached hydrogens (tertiary/aromatic N) is 2. The Morgan fingerprint density at radius 3 is 0.964 bits per heavy atom. The molecule has 2 aromatic heterocycles. The molecule has 0 radical (unpaired) electrons. The highest BCUT2D eigenvalue weighted by molar-refractivity contribution is 6.11. The first-order chi connectivity index (χ1) is 27.8. The van der Waals surface area contributed by atoms with Crippen LogP contribution in [0.25, 0.3) is 99.5 Å². The third-order valence-electron chi connectivity index (χ3n) is 11.3. The van der Waals surface area contributed by atoms with Gasteiger partial charge in [0.05, 0.1) is 22.1 Å². The molecule has 2 heteroatoms.